The van der Waals surface area contributed by atoms with Gasteiger partial charge in [0, 0.05) is 18.8 Å². The summed E-state index contributed by atoms with van der Waals surface area (Å²) in [6.45, 7) is 6.97. The van der Waals surface area contributed by atoms with Crippen LogP contribution in [0.5, 0.6) is 0 Å². The number of aromatic nitrogens is 2. The van der Waals surface area contributed by atoms with Crippen LogP contribution in [0.4, 0.5) is 0 Å². The minimum atomic E-state index is 0.633. The molecule has 0 atom stereocenters. The van der Waals surface area contributed by atoms with Crippen molar-refractivity contribution in [2.24, 2.45) is 0 Å². The Labute approximate surface area is 131 Å². The fourth-order valence-electron chi connectivity index (χ4n) is 3.39. The molecule has 4 heteroatoms. The van der Waals surface area contributed by atoms with Crippen molar-refractivity contribution < 1.29 is 0 Å². The number of rotatable bonds is 6. The number of aryl methyl sites for hydroxylation is 3. The summed E-state index contributed by atoms with van der Waals surface area (Å²) in [7, 11) is 0. The Kier molecular flexibility index (Phi) is 4.81. The SMILES string of the molecule is Cc1cccc2nc(CCCl)n(CCCN3CCCC3)c12. The topological polar surface area (TPSA) is 21.1 Å². The average molecular weight is 306 g/mol. The lowest BCUT2D eigenvalue weighted by Crippen LogP contribution is -2.22. The number of para-hydroxylation sites is 1. The number of hydrogen-bond donors (Lipinski definition) is 0. The zero-order chi connectivity index (χ0) is 14.7. The van der Waals surface area contributed by atoms with Crippen LogP contribution in [-0.2, 0) is 13.0 Å². The van der Waals surface area contributed by atoms with E-state index in [-0.39, 0.29) is 0 Å². The molecular formula is C17H24ClN3. The summed E-state index contributed by atoms with van der Waals surface area (Å²) in [4.78, 5) is 7.36. The molecular weight excluding hydrogens is 282 g/mol. The van der Waals surface area contributed by atoms with E-state index in [1.807, 2.05) is 0 Å². The Morgan fingerprint density at radius 1 is 1.19 bits per heavy atom. The van der Waals surface area contributed by atoms with Crippen LogP contribution in [0.3, 0.4) is 0 Å². The van der Waals surface area contributed by atoms with E-state index in [0.717, 1.165) is 24.3 Å². The molecule has 1 fully saturated rings. The molecule has 0 amide bonds. The molecule has 1 saturated heterocycles. The smallest absolute Gasteiger partial charge is 0.111 e. The Morgan fingerprint density at radius 2 is 2.00 bits per heavy atom. The Balaban J connectivity index is 1.79. The molecule has 1 aliphatic rings. The molecule has 114 valence electrons. The Hall–Kier alpha value is -1.06. The van der Waals surface area contributed by atoms with Gasteiger partial charge in [0.05, 0.1) is 11.0 Å². The maximum absolute atomic E-state index is 5.95. The lowest BCUT2D eigenvalue weighted by atomic mass is 10.2. The van der Waals surface area contributed by atoms with Crippen LogP contribution in [0.25, 0.3) is 11.0 Å². The molecule has 2 aromatic rings. The molecule has 0 bridgehead atoms. The molecule has 0 spiro atoms. The zero-order valence-corrected chi connectivity index (χ0v) is 13.6. The first-order valence-electron chi connectivity index (χ1n) is 8.02. The molecule has 0 N–H and O–H groups in total. The van der Waals surface area contributed by atoms with E-state index in [2.05, 4.69) is 34.6 Å². The molecule has 3 rings (SSSR count). The van der Waals surface area contributed by atoms with Crippen molar-refractivity contribution in [2.75, 3.05) is 25.5 Å². The second-order valence-electron chi connectivity index (χ2n) is 5.96. The lowest BCUT2D eigenvalue weighted by Gasteiger charge is -2.16. The van der Waals surface area contributed by atoms with Crippen molar-refractivity contribution in [3.05, 3.63) is 29.6 Å². The molecule has 1 aromatic carbocycles. The van der Waals surface area contributed by atoms with Gasteiger partial charge < -0.3 is 9.47 Å². The third-order valence-corrected chi connectivity index (χ3v) is 4.61. The standard InChI is InChI=1S/C17H24ClN3/c1-14-6-4-7-15-17(14)21(16(19-15)8-9-18)13-5-12-20-10-2-3-11-20/h4,6-7H,2-3,5,8-13H2,1H3. The monoisotopic (exact) mass is 305 g/mol. The highest BCUT2D eigenvalue weighted by molar-refractivity contribution is 6.17. The quantitative estimate of drug-likeness (QED) is 0.760. The molecule has 1 aliphatic heterocycles. The largest absolute Gasteiger partial charge is 0.328 e. The molecule has 2 heterocycles. The van der Waals surface area contributed by atoms with E-state index >= 15 is 0 Å². The first kappa shape index (κ1) is 14.9. The van der Waals surface area contributed by atoms with E-state index in [0.29, 0.717) is 5.88 Å². The third kappa shape index (κ3) is 3.24. The highest BCUT2D eigenvalue weighted by atomic mass is 35.5. The summed E-state index contributed by atoms with van der Waals surface area (Å²) in [6.07, 6.45) is 4.77. The fraction of sp³-hybridized carbons (Fsp3) is 0.588. The van der Waals surface area contributed by atoms with Gasteiger partial charge in [-0.3, -0.25) is 0 Å². The van der Waals surface area contributed by atoms with Crippen LogP contribution < -0.4 is 0 Å². The predicted molar refractivity (Wildman–Crippen MR) is 89.2 cm³/mol. The van der Waals surface area contributed by atoms with Crippen LogP contribution in [0, 0.1) is 6.92 Å². The first-order valence-corrected chi connectivity index (χ1v) is 8.56. The van der Waals surface area contributed by atoms with E-state index in [1.54, 1.807) is 0 Å². The van der Waals surface area contributed by atoms with Gasteiger partial charge in [0.25, 0.3) is 0 Å². The molecule has 3 nitrogen and oxygen atoms in total. The summed E-state index contributed by atoms with van der Waals surface area (Å²) in [5.74, 6) is 1.77. The number of alkyl halides is 1. The summed E-state index contributed by atoms with van der Waals surface area (Å²) in [6, 6.07) is 6.37. The lowest BCUT2D eigenvalue weighted by molar-refractivity contribution is 0.325. The van der Waals surface area contributed by atoms with Crippen LogP contribution in [0.2, 0.25) is 0 Å². The Morgan fingerprint density at radius 3 is 2.76 bits per heavy atom. The van der Waals surface area contributed by atoms with E-state index < -0.39 is 0 Å². The number of hydrogen-bond acceptors (Lipinski definition) is 2. The van der Waals surface area contributed by atoms with Crippen molar-refractivity contribution in [1.29, 1.82) is 0 Å². The normalized spacial score (nSPS) is 16.1. The number of likely N-dealkylation sites (tertiary alicyclic amines) is 1. The van der Waals surface area contributed by atoms with Gasteiger partial charge in [0.1, 0.15) is 5.82 Å². The highest BCUT2D eigenvalue weighted by Gasteiger charge is 2.14. The van der Waals surface area contributed by atoms with Crippen LogP contribution in [-0.4, -0.2) is 40.0 Å². The molecule has 0 radical (unpaired) electrons. The van der Waals surface area contributed by atoms with Crippen LogP contribution in [0.1, 0.15) is 30.7 Å². The first-order chi connectivity index (χ1) is 10.3. The second-order valence-corrected chi connectivity index (χ2v) is 6.34. The van der Waals surface area contributed by atoms with Crippen molar-refractivity contribution in [1.82, 2.24) is 14.5 Å². The molecule has 0 unspecified atom stereocenters. The van der Waals surface area contributed by atoms with Gasteiger partial charge in [-0.25, -0.2) is 4.98 Å². The van der Waals surface area contributed by atoms with Gasteiger partial charge in [-0.2, -0.15) is 0 Å². The van der Waals surface area contributed by atoms with Gasteiger partial charge in [-0.05, 0) is 57.5 Å². The van der Waals surface area contributed by atoms with Crippen molar-refractivity contribution in [3.8, 4) is 0 Å². The number of nitrogens with zero attached hydrogens (tertiary/aromatic N) is 3. The maximum atomic E-state index is 5.95. The Bertz CT molecular complexity index is 599. The summed E-state index contributed by atoms with van der Waals surface area (Å²) in [5.41, 5.74) is 3.71. The van der Waals surface area contributed by atoms with Crippen molar-refractivity contribution in [3.63, 3.8) is 0 Å². The minimum Gasteiger partial charge on any atom is -0.328 e. The summed E-state index contributed by atoms with van der Waals surface area (Å²) in [5, 5.41) is 0. The molecule has 0 saturated carbocycles. The van der Waals surface area contributed by atoms with Crippen LogP contribution in [0.15, 0.2) is 18.2 Å². The van der Waals surface area contributed by atoms with Crippen LogP contribution >= 0.6 is 11.6 Å². The number of halogens is 1. The minimum absolute atomic E-state index is 0.633. The maximum Gasteiger partial charge on any atom is 0.111 e. The van der Waals surface area contributed by atoms with Gasteiger partial charge in [0.15, 0.2) is 0 Å². The number of benzene rings is 1. The van der Waals surface area contributed by atoms with Crippen molar-refractivity contribution >= 4 is 22.6 Å². The summed E-state index contributed by atoms with van der Waals surface area (Å²) < 4.78 is 2.39. The van der Waals surface area contributed by atoms with E-state index in [9.17, 15) is 0 Å². The van der Waals surface area contributed by atoms with Gasteiger partial charge in [0.2, 0.25) is 0 Å². The van der Waals surface area contributed by atoms with Gasteiger partial charge in [-0.15, -0.1) is 11.6 Å². The number of imidazole rings is 1. The predicted octanol–water partition coefficient (Wildman–Crippen LogP) is 3.61. The van der Waals surface area contributed by atoms with E-state index in [4.69, 9.17) is 16.6 Å². The second kappa shape index (κ2) is 6.80. The third-order valence-electron chi connectivity index (χ3n) is 4.42. The fourth-order valence-corrected chi connectivity index (χ4v) is 3.56. The molecule has 21 heavy (non-hydrogen) atoms. The highest BCUT2D eigenvalue weighted by Crippen LogP contribution is 2.21. The summed E-state index contributed by atoms with van der Waals surface area (Å²) >= 11 is 5.95. The molecule has 1 aromatic heterocycles. The number of fused-ring (bicyclic) bond motifs is 1. The van der Waals surface area contributed by atoms with Gasteiger partial charge in [-0.1, -0.05) is 12.1 Å². The molecule has 0 aliphatic carbocycles. The van der Waals surface area contributed by atoms with E-state index in [1.165, 1.54) is 50.0 Å². The van der Waals surface area contributed by atoms with Crippen molar-refractivity contribution in [2.45, 2.75) is 39.2 Å². The van der Waals surface area contributed by atoms with Gasteiger partial charge >= 0.3 is 0 Å². The zero-order valence-electron chi connectivity index (χ0n) is 12.8. The average Bonchev–Trinajstić information content (AvgIpc) is 3.09.